The zero-order valence-electron chi connectivity index (χ0n) is 15.2. The molecule has 0 saturated heterocycles. The van der Waals surface area contributed by atoms with Gasteiger partial charge >= 0.3 is 6.18 Å². The summed E-state index contributed by atoms with van der Waals surface area (Å²) >= 11 is 5.82. The van der Waals surface area contributed by atoms with E-state index < -0.39 is 17.6 Å². The molecular weight excluding hydrogens is 405 g/mol. The number of hydrogen-bond acceptors (Lipinski definition) is 4. The van der Waals surface area contributed by atoms with Crippen molar-refractivity contribution in [3.8, 4) is 0 Å². The van der Waals surface area contributed by atoms with E-state index in [1.54, 1.807) is 18.2 Å². The molecule has 9 heteroatoms. The van der Waals surface area contributed by atoms with Gasteiger partial charge in [-0.15, -0.1) is 0 Å². The van der Waals surface area contributed by atoms with Crippen LogP contribution in [0.4, 0.5) is 24.7 Å². The van der Waals surface area contributed by atoms with E-state index in [1.165, 1.54) is 24.5 Å². The van der Waals surface area contributed by atoms with Gasteiger partial charge in [0.25, 0.3) is 5.91 Å². The Labute approximate surface area is 170 Å². The highest BCUT2D eigenvalue weighted by Crippen LogP contribution is 2.30. The van der Waals surface area contributed by atoms with Crippen LogP contribution in [0.3, 0.4) is 0 Å². The first-order valence-corrected chi connectivity index (χ1v) is 8.93. The molecule has 0 radical (unpaired) electrons. The van der Waals surface area contributed by atoms with Gasteiger partial charge in [0.1, 0.15) is 11.0 Å². The molecule has 3 rings (SSSR count). The van der Waals surface area contributed by atoms with Gasteiger partial charge in [-0.05, 0) is 42.8 Å². The minimum absolute atomic E-state index is 0.0781. The molecule has 0 aliphatic rings. The molecule has 29 heavy (non-hydrogen) atoms. The molecule has 1 atom stereocenters. The third-order valence-electron chi connectivity index (χ3n) is 4.07. The summed E-state index contributed by atoms with van der Waals surface area (Å²) in [4.78, 5) is 20.4. The second-order valence-electron chi connectivity index (χ2n) is 6.25. The first kappa shape index (κ1) is 20.6. The van der Waals surface area contributed by atoms with Gasteiger partial charge in [0.15, 0.2) is 0 Å². The molecule has 0 aliphatic carbocycles. The second kappa shape index (κ2) is 8.48. The van der Waals surface area contributed by atoms with Crippen LogP contribution in [0.2, 0.25) is 5.15 Å². The molecule has 2 N–H and O–H groups in total. The molecule has 0 spiro atoms. The summed E-state index contributed by atoms with van der Waals surface area (Å²) < 4.78 is 38.5. The van der Waals surface area contributed by atoms with Crippen LogP contribution in [0.1, 0.15) is 34.5 Å². The third-order valence-corrected chi connectivity index (χ3v) is 4.25. The Hall–Kier alpha value is -3.13. The van der Waals surface area contributed by atoms with E-state index in [1.807, 2.05) is 13.0 Å². The Morgan fingerprint density at radius 1 is 1.10 bits per heavy atom. The van der Waals surface area contributed by atoms with Crippen LogP contribution < -0.4 is 10.6 Å². The number of nitrogens with one attached hydrogen (secondary N) is 2. The molecule has 2 aromatic carbocycles. The lowest BCUT2D eigenvalue weighted by Crippen LogP contribution is -2.14. The predicted octanol–water partition coefficient (Wildman–Crippen LogP) is 5.57. The monoisotopic (exact) mass is 420 g/mol. The van der Waals surface area contributed by atoms with E-state index in [-0.39, 0.29) is 16.8 Å². The zero-order valence-corrected chi connectivity index (χ0v) is 15.9. The van der Waals surface area contributed by atoms with Gasteiger partial charge in [-0.25, -0.2) is 4.98 Å². The Morgan fingerprint density at radius 2 is 1.86 bits per heavy atom. The largest absolute Gasteiger partial charge is 0.416 e. The predicted molar refractivity (Wildman–Crippen MR) is 105 cm³/mol. The average Bonchev–Trinajstić information content (AvgIpc) is 2.67. The fourth-order valence-electron chi connectivity index (χ4n) is 2.64. The van der Waals surface area contributed by atoms with Gasteiger partial charge in [0.05, 0.1) is 24.0 Å². The highest BCUT2D eigenvalue weighted by molar-refractivity contribution is 6.29. The van der Waals surface area contributed by atoms with Gasteiger partial charge in [-0.3, -0.25) is 9.78 Å². The molecule has 1 amide bonds. The van der Waals surface area contributed by atoms with Crippen LogP contribution in [0, 0.1) is 0 Å². The van der Waals surface area contributed by atoms with Crippen molar-refractivity contribution in [3.63, 3.8) is 0 Å². The number of halogens is 4. The van der Waals surface area contributed by atoms with Gasteiger partial charge < -0.3 is 10.6 Å². The number of aromatic nitrogens is 2. The zero-order chi connectivity index (χ0) is 21.0. The summed E-state index contributed by atoms with van der Waals surface area (Å²) in [5.74, 6) is -0.141. The van der Waals surface area contributed by atoms with Crippen molar-refractivity contribution >= 4 is 29.0 Å². The summed E-state index contributed by atoms with van der Waals surface area (Å²) in [6.07, 6.45) is -1.57. The number of benzene rings is 2. The summed E-state index contributed by atoms with van der Waals surface area (Å²) in [6.45, 7) is 1.89. The maximum Gasteiger partial charge on any atom is 0.416 e. The van der Waals surface area contributed by atoms with Crippen molar-refractivity contribution in [2.75, 3.05) is 10.6 Å². The number of carbonyl (C=O) groups excluding carboxylic acids is 1. The van der Waals surface area contributed by atoms with E-state index in [2.05, 4.69) is 20.6 Å². The Bertz CT molecular complexity index is 1030. The van der Waals surface area contributed by atoms with Gasteiger partial charge in [-0.2, -0.15) is 13.2 Å². The van der Waals surface area contributed by atoms with Crippen molar-refractivity contribution < 1.29 is 18.0 Å². The molecule has 5 nitrogen and oxygen atoms in total. The van der Waals surface area contributed by atoms with Crippen molar-refractivity contribution in [2.45, 2.75) is 19.1 Å². The first-order valence-electron chi connectivity index (χ1n) is 8.55. The van der Waals surface area contributed by atoms with Gasteiger partial charge in [-0.1, -0.05) is 29.8 Å². The highest BCUT2D eigenvalue weighted by atomic mass is 35.5. The van der Waals surface area contributed by atoms with Crippen LogP contribution in [0.15, 0.2) is 60.9 Å². The number of nitrogens with zero attached hydrogens (tertiary/aromatic N) is 2. The van der Waals surface area contributed by atoms with Crippen LogP contribution in [-0.2, 0) is 6.18 Å². The minimum atomic E-state index is -4.51. The molecule has 0 unspecified atom stereocenters. The Kier molecular flexibility index (Phi) is 6.03. The van der Waals surface area contributed by atoms with Gasteiger partial charge in [0.2, 0.25) is 0 Å². The Balaban J connectivity index is 1.73. The summed E-state index contributed by atoms with van der Waals surface area (Å²) in [6, 6.07) is 11.0. The molecule has 0 bridgehead atoms. The van der Waals surface area contributed by atoms with Crippen molar-refractivity contribution in [2.24, 2.45) is 0 Å². The van der Waals surface area contributed by atoms with Crippen molar-refractivity contribution in [3.05, 3.63) is 82.8 Å². The molecule has 0 saturated carbocycles. The van der Waals surface area contributed by atoms with Crippen molar-refractivity contribution in [1.82, 2.24) is 9.97 Å². The first-order chi connectivity index (χ1) is 13.7. The average molecular weight is 421 g/mol. The maximum atomic E-state index is 12.8. The number of rotatable bonds is 5. The van der Waals surface area contributed by atoms with Gasteiger partial charge in [0, 0.05) is 11.3 Å². The second-order valence-corrected chi connectivity index (χ2v) is 6.64. The standard InChI is InChI=1S/C20H16ClF3N4O/c1-12(26-18-11-25-10-17(21)28-18)13-4-3-7-16(9-13)27-19(29)14-5-2-6-15(8-14)20(22,23)24/h2-12H,1H3,(H,26,28)(H,27,29)/t12-/m0/s1. The summed E-state index contributed by atoms with van der Waals surface area (Å²) in [7, 11) is 0. The van der Waals surface area contributed by atoms with Crippen LogP contribution in [0.5, 0.6) is 0 Å². The van der Waals surface area contributed by atoms with Crippen LogP contribution >= 0.6 is 11.6 Å². The van der Waals surface area contributed by atoms with E-state index in [0.717, 1.165) is 17.7 Å². The molecule has 0 aliphatic heterocycles. The maximum absolute atomic E-state index is 12.8. The van der Waals surface area contributed by atoms with Crippen molar-refractivity contribution in [1.29, 1.82) is 0 Å². The third kappa shape index (κ3) is 5.45. The Morgan fingerprint density at radius 3 is 2.59 bits per heavy atom. The lowest BCUT2D eigenvalue weighted by Gasteiger charge is -2.16. The number of hydrogen-bond donors (Lipinski definition) is 2. The fourth-order valence-corrected chi connectivity index (χ4v) is 2.79. The van der Waals surface area contributed by atoms with E-state index in [4.69, 9.17) is 11.6 Å². The van der Waals surface area contributed by atoms with Crippen LogP contribution in [-0.4, -0.2) is 15.9 Å². The summed E-state index contributed by atoms with van der Waals surface area (Å²) in [5.41, 5.74) is 0.328. The number of amides is 1. The van der Waals surface area contributed by atoms with Crippen LogP contribution in [0.25, 0.3) is 0 Å². The molecular formula is C20H16ClF3N4O. The van der Waals surface area contributed by atoms with E-state index >= 15 is 0 Å². The van der Waals surface area contributed by atoms with E-state index in [0.29, 0.717) is 11.5 Å². The molecule has 0 fully saturated rings. The van der Waals surface area contributed by atoms with E-state index in [9.17, 15) is 18.0 Å². The quantitative estimate of drug-likeness (QED) is 0.566. The molecule has 3 aromatic rings. The molecule has 1 aromatic heterocycles. The topological polar surface area (TPSA) is 66.9 Å². The minimum Gasteiger partial charge on any atom is -0.362 e. The molecule has 150 valence electrons. The number of alkyl halides is 3. The lowest BCUT2D eigenvalue weighted by molar-refractivity contribution is -0.137. The smallest absolute Gasteiger partial charge is 0.362 e. The number of carbonyl (C=O) groups is 1. The fraction of sp³-hybridized carbons (Fsp3) is 0.150. The number of anilines is 2. The lowest BCUT2D eigenvalue weighted by atomic mass is 10.1. The SMILES string of the molecule is C[C@H](Nc1cncc(Cl)n1)c1cccc(NC(=O)c2cccc(C(F)(F)F)c2)c1. The summed E-state index contributed by atoms with van der Waals surface area (Å²) in [5, 5.41) is 6.02. The highest BCUT2D eigenvalue weighted by Gasteiger charge is 2.30. The normalized spacial score (nSPS) is 12.3. The molecule has 1 heterocycles.